The largest absolute Gasteiger partial charge is 0.508 e. The topological polar surface area (TPSA) is 43.7 Å². The number of aromatic hydroxyl groups is 1. The van der Waals surface area contributed by atoms with Crippen LogP contribution in [0.5, 0.6) is 5.75 Å². The first kappa shape index (κ1) is 13.4. The van der Waals surface area contributed by atoms with Crippen molar-refractivity contribution in [3.63, 3.8) is 0 Å². The van der Waals surface area contributed by atoms with Crippen LogP contribution in [0.15, 0.2) is 24.3 Å². The first-order valence-electron chi connectivity index (χ1n) is 6.85. The molecule has 2 N–H and O–H groups in total. The minimum atomic E-state index is -0.226. The van der Waals surface area contributed by atoms with Crippen LogP contribution in [0.4, 0.5) is 0 Å². The molecule has 1 fully saturated rings. The molecule has 0 aromatic heterocycles. The molecule has 0 bridgehead atoms. The van der Waals surface area contributed by atoms with Gasteiger partial charge in [0.15, 0.2) is 0 Å². The number of aliphatic hydroxyl groups excluding tert-OH is 1. The molecule has 0 spiro atoms. The molecule has 3 nitrogen and oxygen atoms in total. The summed E-state index contributed by atoms with van der Waals surface area (Å²) >= 11 is 0. The van der Waals surface area contributed by atoms with Gasteiger partial charge in [-0.05, 0) is 50.4 Å². The van der Waals surface area contributed by atoms with Crippen molar-refractivity contribution >= 4 is 0 Å². The molecule has 0 saturated carbocycles. The maximum atomic E-state index is 9.57. The number of phenols is 1. The van der Waals surface area contributed by atoms with E-state index in [1.54, 1.807) is 12.1 Å². The quantitative estimate of drug-likeness (QED) is 0.861. The molecule has 1 aromatic carbocycles. The predicted octanol–water partition coefficient (Wildman–Crippen LogP) is 2.52. The maximum absolute atomic E-state index is 9.57. The van der Waals surface area contributed by atoms with E-state index < -0.39 is 0 Å². The van der Waals surface area contributed by atoms with Crippen LogP contribution in [0, 0.1) is 0 Å². The highest BCUT2D eigenvalue weighted by molar-refractivity contribution is 5.25. The van der Waals surface area contributed by atoms with Gasteiger partial charge < -0.3 is 10.2 Å². The smallest absolute Gasteiger partial charge is 0.115 e. The van der Waals surface area contributed by atoms with E-state index in [1.807, 2.05) is 19.1 Å². The number of aliphatic hydroxyl groups is 1. The van der Waals surface area contributed by atoms with Crippen LogP contribution >= 0.6 is 0 Å². The lowest BCUT2D eigenvalue weighted by Crippen LogP contribution is -2.40. The van der Waals surface area contributed by atoms with Crippen LogP contribution in [0.2, 0.25) is 0 Å². The number of hydrogen-bond donors (Lipinski definition) is 2. The van der Waals surface area contributed by atoms with Crippen molar-refractivity contribution in [3.05, 3.63) is 29.8 Å². The number of phenolic OH excluding ortho intramolecular Hbond substituents is 1. The lowest BCUT2D eigenvalue weighted by molar-refractivity contribution is 0.0818. The second-order valence-electron chi connectivity index (χ2n) is 5.37. The summed E-state index contributed by atoms with van der Waals surface area (Å²) in [5.74, 6) is 0.318. The molecule has 0 radical (unpaired) electrons. The normalized spacial score (nSPS) is 22.9. The molecule has 1 aliphatic heterocycles. The third-order valence-corrected chi connectivity index (χ3v) is 3.68. The summed E-state index contributed by atoms with van der Waals surface area (Å²) < 4.78 is 0. The molecule has 0 aliphatic carbocycles. The zero-order valence-electron chi connectivity index (χ0n) is 11.0. The molecular formula is C15H23NO2. The summed E-state index contributed by atoms with van der Waals surface area (Å²) in [5.41, 5.74) is 1.23. The molecule has 2 rings (SSSR count). The van der Waals surface area contributed by atoms with E-state index in [0.717, 1.165) is 19.5 Å². The third kappa shape index (κ3) is 3.72. The van der Waals surface area contributed by atoms with E-state index in [1.165, 1.54) is 24.8 Å². The summed E-state index contributed by atoms with van der Waals surface area (Å²) in [6.45, 7) is 3.89. The SMILES string of the molecule is CC(O)CC1CCCCN1Cc1ccc(O)cc1. The van der Waals surface area contributed by atoms with Gasteiger partial charge in [0, 0.05) is 12.6 Å². The fourth-order valence-electron chi connectivity index (χ4n) is 2.76. The second-order valence-corrected chi connectivity index (χ2v) is 5.37. The summed E-state index contributed by atoms with van der Waals surface area (Å²) in [6, 6.07) is 7.92. The summed E-state index contributed by atoms with van der Waals surface area (Å²) in [5, 5.41) is 18.9. The van der Waals surface area contributed by atoms with Crippen LogP contribution in [0.1, 0.15) is 38.2 Å². The fraction of sp³-hybridized carbons (Fsp3) is 0.600. The molecule has 1 aromatic rings. The second kappa shape index (κ2) is 6.21. The molecule has 1 heterocycles. The van der Waals surface area contributed by atoms with E-state index >= 15 is 0 Å². The van der Waals surface area contributed by atoms with Crippen molar-refractivity contribution in [1.29, 1.82) is 0 Å². The highest BCUT2D eigenvalue weighted by atomic mass is 16.3. The van der Waals surface area contributed by atoms with E-state index in [2.05, 4.69) is 4.90 Å². The first-order chi connectivity index (χ1) is 8.65. The van der Waals surface area contributed by atoms with Crippen LogP contribution in [-0.4, -0.2) is 33.8 Å². The van der Waals surface area contributed by atoms with Crippen molar-refractivity contribution in [3.8, 4) is 5.75 Å². The van der Waals surface area contributed by atoms with Gasteiger partial charge in [0.1, 0.15) is 5.75 Å². The molecule has 18 heavy (non-hydrogen) atoms. The number of likely N-dealkylation sites (tertiary alicyclic amines) is 1. The highest BCUT2D eigenvalue weighted by Crippen LogP contribution is 2.23. The van der Waals surface area contributed by atoms with Gasteiger partial charge in [0.25, 0.3) is 0 Å². The molecule has 100 valence electrons. The van der Waals surface area contributed by atoms with Crippen molar-refractivity contribution in [2.45, 2.75) is 51.3 Å². The minimum absolute atomic E-state index is 0.226. The van der Waals surface area contributed by atoms with Crippen molar-refractivity contribution < 1.29 is 10.2 Å². The van der Waals surface area contributed by atoms with Crippen LogP contribution < -0.4 is 0 Å². The summed E-state index contributed by atoms with van der Waals surface area (Å²) in [4.78, 5) is 2.46. The van der Waals surface area contributed by atoms with E-state index in [9.17, 15) is 10.2 Å². The Labute approximate surface area is 109 Å². The highest BCUT2D eigenvalue weighted by Gasteiger charge is 2.23. The molecule has 3 heteroatoms. The number of nitrogens with zero attached hydrogens (tertiary/aromatic N) is 1. The molecule has 2 unspecified atom stereocenters. The Morgan fingerprint density at radius 3 is 2.67 bits per heavy atom. The monoisotopic (exact) mass is 249 g/mol. The van der Waals surface area contributed by atoms with Crippen molar-refractivity contribution in [1.82, 2.24) is 4.90 Å². The summed E-state index contributed by atoms with van der Waals surface area (Å²) in [7, 11) is 0. The average molecular weight is 249 g/mol. The molecule has 2 atom stereocenters. The minimum Gasteiger partial charge on any atom is -0.508 e. The van der Waals surface area contributed by atoms with E-state index in [4.69, 9.17) is 0 Å². The van der Waals surface area contributed by atoms with Gasteiger partial charge in [0.05, 0.1) is 6.10 Å². The molecule has 0 amide bonds. The number of benzene rings is 1. The third-order valence-electron chi connectivity index (χ3n) is 3.68. The van der Waals surface area contributed by atoms with Crippen LogP contribution in [0.25, 0.3) is 0 Å². The fourth-order valence-corrected chi connectivity index (χ4v) is 2.76. The predicted molar refractivity (Wildman–Crippen MR) is 72.5 cm³/mol. The Hall–Kier alpha value is -1.06. The van der Waals surface area contributed by atoms with Gasteiger partial charge in [-0.25, -0.2) is 0 Å². The van der Waals surface area contributed by atoms with Gasteiger partial charge in [-0.2, -0.15) is 0 Å². The van der Waals surface area contributed by atoms with Crippen LogP contribution in [0.3, 0.4) is 0 Å². The van der Waals surface area contributed by atoms with Gasteiger partial charge in [-0.1, -0.05) is 18.6 Å². The van der Waals surface area contributed by atoms with E-state index in [-0.39, 0.29) is 6.10 Å². The summed E-state index contributed by atoms with van der Waals surface area (Å²) in [6.07, 6.45) is 4.33. The molecular weight excluding hydrogens is 226 g/mol. The molecule has 1 saturated heterocycles. The number of piperidine rings is 1. The number of hydrogen-bond acceptors (Lipinski definition) is 3. The number of rotatable bonds is 4. The van der Waals surface area contributed by atoms with E-state index in [0.29, 0.717) is 11.8 Å². The Balaban J connectivity index is 1.98. The van der Waals surface area contributed by atoms with Crippen LogP contribution in [-0.2, 0) is 6.54 Å². The van der Waals surface area contributed by atoms with Gasteiger partial charge in [-0.3, -0.25) is 4.90 Å². The zero-order valence-corrected chi connectivity index (χ0v) is 11.0. The molecule has 1 aliphatic rings. The van der Waals surface area contributed by atoms with Gasteiger partial charge >= 0.3 is 0 Å². The Morgan fingerprint density at radius 2 is 2.00 bits per heavy atom. The maximum Gasteiger partial charge on any atom is 0.115 e. The van der Waals surface area contributed by atoms with Crippen molar-refractivity contribution in [2.24, 2.45) is 0 Å². The Kier molecular flexibility index (Phi) is 4.61. The Bertz CT molecular complexity index is 361. The average Bonchev–Trinajstić information content (AvgIpc) is 2.34. The Morgan fingerprint density at radius 1 is 1.28 bits per heavy atom. The first-order valence-corrected chi connectivity index (χ1v) is 6.85. The standard InChI is InChI=1S/C15H23NO2/c1-12(17)10-14-4-2-3-9-16(14)11-13-5-7-15(18)8-6-13/h5-8,12,14,17-18H,2-4,9-11H2,1H3. The zero-order chi connectivity index (χ0) is 13.0. The lowest BCUT2D eigenvalue weighted by Gasteiger charge is -2.36. The van der Waals surface area contributed by atoms with Gasteiger partial charge in [-0.15, -0.1) is 0 Å². The lowest BCUT2D eigenvalue weighted by atomic mass is 9.96. The van der Waals surface area contributed by atoms with Gasteiger partial charge in [0.2, 0.25) is 0 Å². The van der Waals surface area contributed by atoms with Crippen molar-refractivity contribution in [2.75, 3.05) is 6.54 Å².